The van der Waals surface area contributed by atoms with Crippen molar-refractivity contribution >= 4 is 32.7 Å². The van der Waals surface area contributed by atoms with E-state index in [4.69, 9.17) is 4.98 Å². The van der Waals surface area contributed by atoms with Gasteiger partial charge in [-0.3, -0.25) is 4.72 Å². The Bertz CT molecular complexity index is 1270. The number of fused-ring (bicyclic) bond motifs is 1. The number of nitrogens with one attached hydrogen (secondary N) is 1. The van der Waals surface area contributed by atoms with Gasteiger partial charge in [0.1, 0.15) is 0 Å². The number of hydrogen-bond donors (Lipinski definition) is 1. The lowest BCUT2D eigenvalue weighted by Gasteiger charge is -2.22. The average Bonchev–Trinajstić information content (AvgIpc) is 2.74. The van der Waals surface area contributed by atoms with Gasteiger partial charge in [0.05, 0.1) is 15.9 Å². The number of benzene rings is 3. The second kappa shape index (κ2) is 8.12. The lowest BCUT2D eigenvalue weighted by molar-refractivity contribution is 0.601. The topological polar surface area (TPSA) is 75.2 Å². The molecule has 152 valence electrons. The van der Waals surface area contributed by atoms with Crippen molar-refractivity contribution in [2.75, 3.05) is 16.7 Å². The Morgan fingerprint density at radius 3 is 2.10 bits per heavy atom. The van der Waals surface area contributed by atoms with E-state index < -0.39 is 10.0 Å². The van der Waals surface area contributed by atoms with Crippen LogP contribution in [0, 0.1) is 6.92 Å². The summed E-state index contributed by atoms with van der Waals surface area (Å²) in [5.74, 6) is 0.668. The first kappa shape index (κ1) is 19.8. The molecule has 0 amide bonds. The quantitative estimate of drug-likeness (QED) is 0.503. The number of aryl methyl sites for hydroxylation is 1. The number of para-hydroxylation sites is 2. The van der Waals surface area contributed by atoms with E-state index in [-0.39, 0.29) is 10.7 Å². The smallest absolute Gasteiger partial charge is 0.263 e. The van der Waals surface area contributed by atoms with Crippen molar-refractivity contribution < 1.29 is 8.42 Å². The number of rotatable bonds is 6. The highest BCUT2D eigenvalue weighted by molar-refractivity contribution is 7.92. The van der Waals surface area contributed by atoms with Crippen molar-refractivity contribution in [2.45, 2.75) is 18.4 Å². The van der Waals surface area contributed by atoms with Crippen LogP contribution in [0.5, 0.6) is 0 Å². The van der Waals surface area contributed by atoms with Gasteiger partial charge in [0.2, 0.25) is 0 Å². The molecule has 0 saturated carbocycles. The first-order chi connectivity index (χ1) is 14.4. The Hall–Kier alpha value is -3.45. The third-order valence-electron chi connectivity index (χ3n) is 4.74. The molecule has 0 unspecified atom stereocenters. The number of aromatic nitrogens is 2. The second-order valence-electron chi connectivity index (χ2n) is 7.14. The molecule has 0 fully saturated rings. The fourth-order valence-electron chi connectivity index (χ4n) is 3.16. The van der Waals surface area contributed by atoms with Gasteiger partial charge < -0.3 is 4.90 Å². The minimum atomic E-state index is -3.81. The van der Waals surface area contributed by atoms with Gasteiger partial charge in [-0.1, -0.05) is 60.2 Å². The lowest BCUT2D eigenvalue weighted by Crippen LogP contribution is -2.22. The van der Waals surface area contributed by atoms with E-state index in [1.807, 2.05) is 73.5 Å². The molecule has 0 bridgehead atoms. The SMILES string of the molecule is Cc1ccc(S(=O)(=O)Nc2nc3ccccc3nc2N(C)Cc2ccccc2)cc1. The highest BCUT2D eigenvalue weighted by Crippen LogP contribution is 2.27. The van der Waals surface area contributed by atoms with Crippen LogP contribution in [-0.4, -0.2) is 25.4 Å². The van der Waals surface area contributed by atoms with Crippen molar-refractivity contribution in [3.05, 3.63) is 90.0 Å². The molecule has 1 aromatic heterocycles. The standard InChI is InChI=1S/C23H22N4O2S/c1-17-12-14-19(15-13-17)30(28,29)26-22-23(25-21-11-7-6-10-20(21)24-22)27(2)16-18-8-4-3-5-9-18/h3-15H,16H2,1-2H3,(H,24,26). The van der Waals surface area contributed by atoms with Crippen LogP contribution in [0.3, 0.4) is 0 Å². The first-order valence-electron chi connectivity index (χ1n) is 9.54. The van der Waals surface area contributed by atoms with Crippen LogP contribution in [0.15, 0.2) is 83.8 Å². The Balaban J connectivity index is 1.75. The molecule has 0 radical (unpaired) electrons. The lowest BCUT2D eigenvalue weighted by atomic mass is 10.2. The van der Waals surface area contributed by atoms with E-state index in [2.05, 4.69) is 9.71 Å². The van der Waals surface area contributed by atoms with Gasteiger partial charge in [0.15, 0.2) is 11.6 Å². The van der Waals surface area contributed by atoms with Crippen molar-refractivity contribution in [1.29, 1.82) is 0 Å². The molecule has 0 aliphatic carbocycles. The molecule has 0 aliphatic rings. The highest BCUT2D eigenvalue weighted by Gasteiger charge is 2.20. The third kappa shape index (κ3) is 4.26. The molecule has 0 spiro atoms. The van der Waals surface area contributed by atoms with E-state index in [1.165, 1.54) is 0 Å². The molecule has 0 atom stereocenters. The maximum absolute atomic E-state index is 13.0. The van der Waals surface area contributed by atoms with Gasteiger partial charge >= 0.3 is 0 Å². The summed E-state index contributed by atoms with van der Waals surface area (Å²) in [5.41, 5.74) is 3.40. The molecule has 30 heavy (non-hydrogen) atoms. The fourth-order valence-corrected chi connectivity index (χ4v) is 4.16. The zero-order valence-electron chi connectivity index (χ0n) is 16.8. The van der Waals surface area contributed by atoms with E-state index in [0.717, 1.165) is 11.1 Å². The third-order valence-corrected chi connectivity index (χ3v) is 6.09. The van der Waals surface area contributed by atoms with E-state index in [1.54, 1.807) is 24.3 Å². The Morgan fingerprint density at radius 1 is 0.833 bits per heavy atom. The van der Waals surface area contributed by atoms with Crippen molar-refractivity contribution in [1.82, 2.24) is 9.97 Å². The summed E-state index contributed by atoms with van der Waals surface area (Å²) in [4.78, 5) is 11.3. The van der Waals surface area contributed by atoms with E-state index >= 15 is 0 Å². The van der Waals surface area contributed by atoms with Crippen molar-refractivity contribution in [3.63, 3.8) is 0 Å². The van der Waals surface area contributed by atoms with Crippen LogP contribution in [-0.2, 0) is 16.6 Å². The van der Waals surface area contributed by atoms with Gasteiger partial charge in [-0.2, -0.15) is 0 Å². The summed E-state index contributed by atoms with van der Waals surface area (Å²) in [6.45, 7) is 2.47. The highest BCUT2D eigenvalue weighted by atomic mass is 32.2. The van der Waals surface area contributed by atoms with Crippen LogP contribution in [0.2, 0.25) is 0 Å². The summed E-state index contributed by atoms with van der Waals surface area (Å²) in [6.07, 6.45) is 0. The molecule has 0 saturated heterocycles. The molecule has 6 nitrogen and oxygen atoms in total. The van der Waals surface area contributed by atoms with Crippen LogP contribution in [0.4, 0.5) is 11.6 Å². The number of anilines is 2. The maximum atomic E-state index is 13.0. The summed E-state index contributed by atoms with van der Waals surface area (Å²) in [7, 11) is -1.94. The van der Waals surface area contributed by atoms with Crippen LogP contribution >= 0.6 is 0 Å². The summed E-state index contributed by atoms with van der Waals surface area (Å²) >= 11 is 0. The Kier molecular flexibility index (Phi) is 5.37. The van der Waals surface area contributed by atoms with Crippen molar-refractivity contribution in [2.24, 2.45) is 0 Å². The fraction of sp³-hybridized carbons (Fsp3) is 0.130. The zero-order chi connectivity index (χ0) is 21.1. The normalized spacial score (nSPS) is 11.4. The van der Waals surface area contributed by atoms with E-state index in [0.29, 0.717) is 23.4 Å². The summed E-state index contributed by atoms with van der Waals surface area (Å²) < 4.78 is 28.6. The molecule has 0 aliphatic heterocycles. The predicted octanol–water partition coefficient (Wildman–Crippen LogP) is 4.38. The van der Waals surface area contributed by atoms with Gasteiger partial charge in [0, 0.05) is 13.6 Å². The first-order valence-corrected chi connectivity index (χ1v) is 11.0. The van der Waals surface area contributed by atoms with Gasteiger partial charge in [-0.15, -0.1) is 0 Å². The van der Waals surface area contributed by atoms with Gasteiger partial charge in [-0.05, 0) is 36.8 Å². The van der Waals surface area contributed by atoms with Crippen LogP contribution < -0.4 is 9.62 Å². The monoisotopic (exact) mass is 418 g/mol. The number of sulfonamides is 1. The summed E-state index contributed by atoms with van der Waals surface area (Å²) in [6, 6.07) is 24.0. The molecule has 1 heterocycles. The number of hydrogen-bond acceptors (Lipinski definition) is 5. The Labute approximate surface area is 176 Å². The molecule has 3 aromatic carbocycles. The van der Waals surface area contributed by atoms with Gasteiger partial charge in [-0.25, -0.2) is 18.4 Å². The summed E-state index contributed by atoms with van der Waals surface area (Å²) in [5, 5.41) is 0. The van der Waals surface area contributed by atoms with Crippen LogP contribution in [0.25, 0.3) is 11.0 Å². The molecule has 4 aromatic rings. The maximum Gasteiger partial charge on any atom is 0.263 e. The molecular weight excluding hydrogens is 396 g/mol. The second-order valence-corrected chi connectivity index (χ2v) is 8.83. The zero-order valence-corrected chi connectivity index (χ0v) is 17.6. The van der Waals surface area contributed by atoms with Crippen LogP contribution in [0.1, 0.15) is 11.1 Å². The molecule has 1 N–H and O–H groups in total. The minimum Gasteiger partial charge on any atom is -0.352 e. The Morgan fingerprint density at radius 2 is 1.43 bits per heavy atom. The molecule has 4 rings (SSSR count). The number of nitrogens with zero attached hydrogens (tertiary/aromatic N) is 3. The van der Waals surface area contributed by atoms with E-state index in [9.17, 15) is 8.42 Å². The predicted molar refractivity (Wildman–Crippen MR) is 120 cm³/mol. The van der Waals surface area contributed by atoms with Crippen molar-refractivity contribution in [3.8, 4) is 0 Å². The average molecular weight is 419 g/mol. The molecular formula is C23H22N4O2S. The molecule has 7 heteroatoms. The van der Waals surface area contributed by atoms with Gasteiger partial charge in [0.25, 0.3) is 10.0 Å². The minimum absolute atomic E-state index is 0.180. The largest absolute Gasteiger partial charge is 0.352 e.